The Morgan fingerprint density at radius 3 is 2.43 bits per heavy atom. The fourth-order valence-electron chi connectivity index (χ4n) is 4.13. The minimum absolute atomic E-state index is 0.0257. The van der Waals surface area contributed by atoms with Gasteiger partial charge in [0.15, 0.2) is 5.13 Å². The fourth-order valence-corrected chi connectivity index (χ4v) is 5.39. The van der Waals surface area contributed by atoms with E-state index in [0.717, 1.165) is 50.7 Å². The van der Waals surface area contributed by atoms with E-state index in [0.29, 0.717) is 5.02 Å². The first-order valence-corrected chi connectivity index (χ1v) is 10.9. The summed E-state index contributed by atoms with van der Waals surface area (Å²) in [7, 11) is 0. The van der Waals surface area contributed by atoms with Gasteiger partial charge in [0.2, 0.25) is 0 Å². The molecule has 1 aromatic heterocycles. The Labute approximate surface area is 183 Å². The highest BCUT2D eigenvalue weighted by Gasteiger charge is 2.24. The molecule has 3 aromatic carbocycles. The number of nitrogens with zero attached hydrogens (tertiary/aromatic N) is 2. The van der Waals surface area contributed by atoms with Crippen LogP contribution in [0, 0.1) is 6.92 Å². The quantitative estimate of drug-likeness (QED) is 0.423. The molecule has 30 heavy (non-hydrogen) atoms. The number of carboxylic acids is 1. The smallest absolute Gasteiger partial charge is 0.307 e. The Kier molecular flexibility index (Phi) is 4.72. The molecule has 0 fully saturated rings. The highest BCUT2D eigenvalue weighted by atomic mass is 35.5. The van der Waals surface area contributed by atoms with Crippen LogP contribution in [0.25, 0.3) is 21.3 Å². The third-order valence-electron chi connectivity index (χ3n) is 5.57. The zero-order valence-corrected chi connectivity index (χ0v) is 17.9. The number of aliphatic carboxylic acids is 1. The second-order valence-corrected chi connectivity index (χ2v) is 9.01. The van der Waals surface area contributed by atoms with E-state index in [4.69, 9.17) is 16.6 Å². The molecule has 5 rings (SSSR count). The van der Waals surface area contributed by atoms with Gasteiger partial charge in [0.05, 0.1) is 16.6 Å². The highest BCUT2D eigenvalue weighted by molar-refractivity contribution is 7.22. The maximum absolute atomic E-state index is 11.6. The van der Waals surface area contributed by atoms with Gasteiger partial charge in [0, 0.05) is 23.7 Å². The number of thiazole rings is 1. The number of benzene rings is 3. The van der Waals surface area contributed by atoms with Crippen LogP contribution in [0.3, 0.4) is 0 Å². The van der Waals surface area contributed by atoms with Crippen molar-refractivity contribution in [2.24, 2.45) is 0 Å². The van der Waals surface area contributed by atoms with Gasteiger partial charge in [0.1, 0.15) is 0 Å². The molecular weight excluding hydrogens is 416 g/mol. The average Bonchev–Trinajstić information content (AvgIpc) is 3.33. The van der Waals surface area contributed by atoms with Crippen LogP contribution >= 0.6 is 22.9 Å². The minimum Gasteiger partial charge on any atom is -0.481 e. The van der Waals surface area contributed by atoms with Crippen molar-refractivity contribution in [1.29, 1.82) is 0 Å². The number of fused-ring (bicyclic) bond motifs is 2. The molecule has 0 spiro atoms. The third-order valence-corrected chi connectivity index (χ3v) is 6.97. The number of aryl methyl sites for hydroxylation is 1. The zero-order chi connectivity index (χ0) is 20.8. The molecule has 0 atom stereocenters. The molecule has 0 radical (unpaired) electrons. The van der Waals surface area contributed by atoms with Crippen molar-refractivity contribution >= 4 is 44.3 Å². The molecule has 4 aromatic rings. The SMILES string of the molecule is Cc1cc2nc(N3Cc4ccccc4C3)sc2c(-c2ccc(Cl)cc2)c1CC(=O)O. The van der Waals surface area contributed by atoms with Crippen molar-refractivity contribution in [2.45, 2.75) is 26.4 Å². The Bertz CT molecular complexity index is 1260. The van der Waals surface area contributed by atoms with Crippen LogP contribution in [0.5, 0.6) is 0 Å². The number of hydrogen-bond acceptors (Lipinski definition) is 4. The first-order chi connectivity index (χ1) is 14.5. The van der Waals surface area contributed by atoms with Crippen LogP contribution in [0.15, 0.2) is 54.6 Å². The highest BCUT2D eigenvalue weighted by Crippen LogP contribution is 2.42. The lowest BCUT2D eigenvalue weighted by Gasteiger charge is -2.13. The molecule has 6 heteroatoms. The van der Waals surface area contributed by atoms with Gasteiger partial charge >= 0.3 is 5.97 Å². The molecule has 0 amide bonds. The summed E-state index contributed by atoms with van der Waals surface area (Å²) in [5, 5.41) is 11.1. The minimum atomic E-state index is -0.840. The van der Waals surface area contributed by atoms with Crippen molar-refractivity contribution in [3.8, 4) is 11.1 Å². The van der Waals surface area contributed by atoms with Crippen molar-refractivity contribution in [1.82, 2.24) is 4.98 Å². The van der Waals surface area contributed by atoms with Crippen LogP contribution in [0.1, 0.15) is 22.3 Å². The van der Waals surface area contributed by atoms with Crippen molar-refractivity contribution in [3.63, 3.8) is 0 Å². The third kappa shape index (κ3) is 3.34. The second-order valence-electron chi connectivity index (χ2n) is 7.59. The van der Waals surface area contributed by atoms with Crippen LogP contribution in [0.4, 0.5) is 5.13 Å². The van der Waals surface area contributed by atoms with Crippen LogP contribution in [0.2, 0.25) is 5.02 Å². The van der Waals surface area contributed by atoms with Crippen molar-refractivity contribution in [2.75, 3.05) is 4.90 Å². The first kappa shape index (κ1) is 19.1. The largest absolute Gasteiger partial charge is 0.481 e. The van der Waals surface area contributed by atoms with E-state index in [1.54, 1.807) is 11.3 Å². The molecule has 1 N–H and O–H groups in total. The zero-order valence-electron chi connectivity index (χ0n) is 16.4. The van der Waals surface area contributed by atoms with E-state index >= 15 is 0 Å². The molecule has 0 saturated heterocycles. The topological polar surface area (TPSA) is 53.4 Å². The molecule has 0 saturated carbocycles. The molecule has 0 unspecified atom stereocenters. The van der Waals surface area contributed by atoms with Crippen LogP contribution in [-0.4, -0.2) is 16.1 Å². The molecular formula is C24H19ClN2O2S. The average molecular weight is 435 g/mol. The van der Waals surface area contributed by atoms with Gasteiger partial charge in [-0.2, -0.15) is 0 Å². The number of halogens is 1. The van der Waals surface area contributed by atoms with Gasteiger partial charge in [-0.15, -0.1) is 0 Å². The van der Waals surface area contributed by atoms with Gasteiger partial charge in [0.25, 0.3) is 0 Å². The van der Waals surface area contributed by atoms with E-state index in [-0.39, 0.29) is 6.42 Å². The molecule has 0 bridgehead atoms. The van der Waals surface area contributed by atoms with Gasteiger partial charge in [-0.25, -0.2) is 4.98 Å². The number of hydrogen-bond donors (Lipinski definition) is 1. The standard InChI is InChI=1S/C24H19ClN2O2S/c1-14-10-20-23(22(19(14)11-21(28)29)15-6-8-18(25)9-7-15)30-24(26-20)27-12-16-4-2-3-5-17(16)13-27/h2-10H,11-13H2,1H3,(H,28,29). The monoisotopic (exact) mass is 434 g/mol. The Hall–Kier alpha value is -2.89. The van der Waals surface area contributed by atoms with E-state index in [9.17, 15) is 9.90 Å². The summed E-state index contributed by atoms with van der Waals surface area (Å²) in [5.41, 5.74) is 7.25. The molecule has 1 aliphatic rings. The predicted octanol–water partition coefficient (Wildman–Crippen LogP) is 6.07. The molecule has 4 nitrogen and oxygen atoms in total. The van der Waals surface area contributed by atoms with Crippen LogP contribution < -0.4 is 4.90 Å². The van der Waals surface area contributed by atoms with E-state index < -0.39 is 5.97 Å². The van der Waals surface area contributed by atoms with Gasteiger partial charge < -0.3 is 10.0 Å². The molecule has 1 aliphatic heterocycles. The summed E-state index contributed by atoms with van der Waals surface area (Å²) in [6, 6.07) is 18.1. The summed E-state index contributed by atoms with van der Waals surface area (Å²) in [5.74, 6) is -0.840. The number of aromatic nitrogens is 1. The van der Waals surface area contributed by atoms with Gasteiger partial charge in [-0.1, -0.05) is 59.3 Å². The summed E-state index contributed by atoms with van der Waals surface area (Å²) in [6.45, 7) is 3.64. The summed E-state index contributed by atoms with van der Waals surface area (Å²) < 4.78 is 1.02. The first-order valence-electron chi connectivity index (χ1n) is 9.72. The van der Waals surface area contributed by atoms with Gasteiger partial charge in [-0.05, 0) is 52.9 Å². The van der Waals surface area contributed by atoms with E-state index in [1.807, 2.05) is 37.3 Å². The lowest BCUT2D eigenvalue weighted by molar-refractivity contribution is -0.136. The Morgan fingerprint density at radius 1 is 1.13 bits per heavy atom. The second kappa shape index (κ2) is 7.42. The van der Waals surface area contributed by atoms with E-state index in [2.05, 4.69) is 29.2 Å². The number of anilines is 1. The number of rotatable bonds is 4. The summed E-state index contributed by atoms with van der Waals surface area (Å²) in [4.78, 5) is 18.8. The number of carboxylic acid groups (broad SMARTS) is 1. The Morgan fingerprint density at radius 2 is 1.80 bits per heavy atom. The summed E-state index contributed by atoms with van der Waals surface area (Å²) in [6.07, 6.45) is -0.0257. The van der Waals surface area contributed by atoms with Crippen molar-refractivity contribution in [3.05, 3.63) is 81.9 Å². The fraction of sp³-hybridized carbons (Fsp3) is 0.167. The molecule has 2 heterocycles. The predicted molar refractivity (Wildman–Crippen MR) is 122 cm³/mol. The number of carbonyl (C=O) groups is 1. The lowest BCUT2D eigenvalue weighted by atomic mass is 9.93. The normalized spacial score (nSPS) is 13.1. The maximum Gasteiger partial charge on any atom is 0.307 e. The molecule has 0 aliphatic carbocycles. The maximum atomic E-state index is 11.6. The van der Waals surface area contributed by atoms with Gasteiger partial charge in [-0.3, -0.25) is 4.79 Å². The van der Waals surface area contributed by atoms with Crippen LogP contribution in [-0.2, 0) is 24.3 Å². The molecule has 150 valence electrons. The Balaban J connectivity index is 1.67. The van der Waals surface area contributed by atoms with Crippen molar-refractivity contribution < 1.29 is 9.90 Å². The van der Waals surface area contributed by atoms with E-state index in [1.165, 1.54) is 11.1 Å². The lowest BCUT2D eigenvalue weighted by Crippen LogP contribution is -2.13. The summed E-state index contributed by atoms with van der Waals surface area (Å²) >= 11 is 7.73.